The second kappa shape index (κ2) is 9.38. The Morgan fingerprint density at radius 3 is 2.09 bits per heavy atom. The first-order valence-corrected chi connectivity index (χ1v) is 11.7. The van der Waals surface area contributed by atoms with Crippen molar-refractivity contribution in [2.45, 2.75) is 6.92 Å². The lowest BCUT2D eigenvalue weighted by Crippen LogP contribution is -2.50. The summed E-state index contributed by atoms with van der Waals surface area (Å²) in [5.74, 6) is 0.606. The van der Waals surface area contributed by atoms with Gasteiger partial charge in [0.1, 0.15) is 11.4 Å². The monoisotopic (exact) mass is 489 g/mol. The fourth-order valence-electron chi connectivity index (χ4n) is 4.18. The molecular formula is C26H24ClN5O3. The van der Waals surface area contributed by atoms with Gasteiger partial charge in [0.25, 0.3) is 5.91 Å². The third-order valence-corrected chi connectivity index (χ3v) is 6.44. The molecule has 1 aliphatic heterocycles. The average Bonchev–Trinajstić information content (AvgIpc) is 3.32. The van der Waals surface area contributed by atoms with Crippen molar-refractivity contribution in [1.82, 2.24) is 24.4 Å². The van der Waals surface area contributed by atoms with Crippen LogP contribution in [0.3, 0.4) is 0 Å². The summed E-state index contributed by atoms with van der Waals surface area (Å²) >= 11 is 6.05. The minimum atomic E-state index is -0.152. The summed E-state index contributed by atoms with van der Waals surface area (Å²) in [6.45, 7) is 3.50. The van der Waals surface area contributed by atoms with E-state index in [2.05, 4.69) is 0 Å². The van der Waals surface area contributed by atoms with Gasteiger partial charge in [-0.05, 0) is 42.5 Å². The fraction of sp³-hybridized carbons (Fsp3) is 0.231. The van der Waals surface area contributed by atoms with Gasteiger partial charge in [0.2, 0.25) is 5.91 Å². The topological polar surface area (TPSA) is 80.0 Å². The maximum absolute atomic E-state index is 13.7. The second-order valence-corrected chi connectivity index (χ2v) is 8.80. The van der Waals surface area contributed by atoms with E-state index in [1.807, 2.05) is 42.5 Å². The number of carbonyl (C=O) groups is 2. The fourth-order valence-corrected chi connectivity index (χ4v) is 4.31. The lowest BCUT2D eigenvalue weighted by atomic mass is 10.1. The number of fused-ring (bicyclic) bond motifs is 1. The van der Waals surface area contributed by atoms with Crippen LogP contribution >= 0.6 is 11.6 Å². The van der Waals surface area contributed by atoms with Crippen LogP contribution in [-0.4, -0.2) is 69.5 Å². The first-order valence-electron chi connectivity index (χ1n) is 11.3. The third-order valence-electron chi connectivity index (χ3n) is 6.18. The number of aromatic nitrogens is 3. The molecule has 1 saturated heterocycles. The van der Waals surface area contributed by atoms with E-state index in [1.54, 1.807) is 46.5 Å². The second-order valence-electron chi connectivity index (χ2n) is 8.36. The summed E-state index contributed by atoms with van der Waals surface area (Å²) < 4.78 is 6.86. The highest BCUT2D eigenvalue weighted by Crippen LogP contribution is 2.27. The number of ether oxygens (including phenoxy) is 1. The molecule has 3 heterocycles. The zero-order valence-electron chi connectivity index (χ0n) is 19.4. The van der Waals surface area contributed by atoms with E-state index in [1.165, 1.54) is 0 Å². The van der Waals surface area contributed by atoms with E-state index in [0.29, 0.717) is 53.9 Å². The lowest BCUT2D eigenvalue weighted by Gasteiger charge is -2.34. The predicted octanol–water partition coefficient (Wildman–Crippen LogP) is 4.03. The Balaban J connectivity index is 1.58. The molecule has 1 fully saturated rings. The van der Waals surface area contributed by atoms with Crippen molar-refractivity contribution in [2.24, 2.45) is 0 Å². The lowest BCUT2D eigenvalue weighted by molar-refractivity contribution is -0.130. The van der Waals surface area contributed by atoms with E-state index in [-0.39, 0.29) is 11.8 Å². The Morgan fingerprint density at radius 2 is 1.46 bits per heavy atom. The van der Waals surface area contributed by atoms with Crippen molar-refractivity contribution in [3.8, 4) is 28.3 Å². The summed E-state index contributed by atoms with van der Waals surface area (Å²) in [4.78, 5) is 33.7. The molecule has 0 spiro atoms. The average molecular weight is 490 g/mol. The Morgan fingerprint density at radius 1 is 0.857 bits per heavy atom. The van der Waals surface area contributed by atoms with E-state index >= 15 is 0 Å². The van der Waals surface area contributed by atoms with Gasteiger partial charge in [-0.25, -0.2) is 9.50 Å². The van der Waals surface area contributed by atoms with Crippen molar-refractivity contribution in [3.63, 3.8) is 0 Å². The van der Waals surface area contributed by atoms with Gasteiger partial charge in [0, 0.05) is 55.3 Å². The highest BCUT2D eigenvalue weighted by Gasteiger charge is 2.26. The molecule has 2 aromatic carbocycles. The molecule has 0 bridgehead atoms. The molecule has 35 heavy (non-hydrogen) atoms. The first-order chi connectivity index (χ1) is 16.9. The molecule has 2 amide bonds. The summed E-state index contributed by atoms with van der Waals surface area (Å²) in [5.41, 5.74) is 4.06. The van der Waals surface area contributed by atoms with Crippen LogP contribution in [0.5, 0.6) is 5.75 Å². The number of benzene rings is 2. The number of hydrogen-bond donors (Lipinski definition) is 0. The number of carbonyl (C=O) groups excluding carboxylic acids is 2. The molecule has 0 radical (unpaired) electrons. The summed E-state index contributed by atoms with van der Waals surface area (Å²) in [7, 11) is 1.62. The van der Waals surface area contributed by atoms with Crippen molar-refractivity contribution in [2.75, 3.05) is 33.3 Å². The summed E-state index contributed by atoms with van der Waals surface area (Å²) in [6, 6.07) is 18.6. The van der Waals surface area contributed by atoms with Crippen molar-refractivity contribution in [3.05, 3.63) is 71.4 Å². The molecule has 8 nitrogen and oxygen atoms in total. The smallest absolute Gasteiger partial charge is 0.272 e. The van der Waals surface area contributed by atoms with Gasteiger partial charge in [0.05, 0.1) is 18.5 Å². The minimum Gasteiger partial charge on any atom is -0.497 e. The maximum atomic E-state index is 13.7. The van der Waals surface area contributed by atoms with Crippen LogP contribution in [0.2, 0.25) is 5.02 Å². The minimum absolute atomic E-state index is 0.0184. The van der Waals surface area contributed by atoms with Crippen LogP contribution in [0.4, 0.5) is 0 Å². The molecule has 4 aromatic rings. The van der Waals surface area contributed by atoms with Gasteiger partial charge in [0.15, 0.2) is 5.65 Å². The van der Waals surface area contributed by atoms with E-state index in [9.17, 15) is 9.59 Å². The van der Waals surface area contributed by atoms with Gasteiger partial charge in [-0.3, -0.25) is 9.59 Å². The van der Waals surface area contributed by atoms with Gasteiger partial charge < -0.3 is 14.5 Å². The molecule has 5 rings (SSSR count). The van der Waals surface area contributed by atoms with Crippen LogP contribution in [0.1, 0.15) is 17.4 Å². The van der Waals surface area contributed by atoms with Crippen molar-refractivity contribution in [1.29, 1.82) is 0 Å². The van der Waals surface area contributed by atoms with Crippen LogP contribution < -0.4 is 4.74 Å². The highest BCUT2D eigenvalue weighted by atomic mass is 35.5. The Kier molecular flexibility index (Phi) is 6.13. The molecule has 2 aromatic heterocycles. The summed E-state index contributed by atoms with van der Waals surface area (Å²) in [5, 5.41) is 5.35. The van der Waals surface area contributed by atoms with Crippen LogP contribution in [0.25, 0.3) is 28.2 Å². The zero-order chi connectivity index (χ0) is 24.5. The standard InChI is InChI=1S/C26H24ClN5O3/c1-17(33)30-11-13-31(14-12-30)26(34)24-15-22(18-5-9-21(35-2)10-6-18)28-25-16-23(29-32(24)25)19-3-7-20(27)8-4-19/h3-10,15-16H,11-14H2,1-2H3. The van der Waals surface area contributed by atoms with Gasteiger partial charge in [-0.1, -0.05) is 23.7 Å². The quantitative estimate of drug-likeness (QED) is 0.432. The van der Waals surface area contributed by atoms with Crippen molar-refractivity contribution < 1.29 is 14.3 Å². The largest absolute Gasteiger partial charge is 0.497 e. The van der Waals surface area contributed by atoms with E-state index in [0.717, 1.165) is 16.9 Å². The Labute approximate surface area is 207 Å². The normalized spacial score (nSPS) is 13.8. The number of rotatable bonds is 4. The molecule has 178 valence electrons. The van der Waals surface area contributed by atoms with Crippen LogP contribution in [0, 0.1) is 0 Å². The number of amides is 2. The van der Waals surface area contributed by atoms with Crippen LogP contribution in [-0.2, 0) is 4.79 Å². The van der Waals surface area contributed by atoms with Gasteiger partial charge in [-0.2, -0.15) is 5.10 Å². The molecule has 0 saturated carbocycles. The number of hydrogen-bond acceptors (Lipinski definition) is 5. The number of nitrogens with zero attached hydrogens (tertiary/aromatic N) is 5. The zero-order valence-corrected chi connectivity index (χ0v) is 20.2. The van der Waals surface area contributed by atoms with Gasteiger partial charge in [-0.15, -0.1) is 0 Å². The van der Waals surface area contributed by atoms with Crippen molar-refractivity contribution >= 4 is 29.1 Å². The summed E-state index contributed by atoms with van der Waals surface area (Å²) in [6.07, 6.45) is 0. The molecular weight excluding hydrogens is 466 g/mol. The molecule has 0 atom stereocenters. The third kappa shape index (κ3) is 4.57. The predicted molar refractivity (Wildman–Crippen MR) is 134 cm³/mol. The van der Waals surface area contributed by atoms with Crippen LogP contribution in [0.15, 0.2) is 60.7 Å². The number of methoxy groups -OCH3 is 1. The molecule has 1 aliphatic rings. The Bertz CT molecular complexity index is 1390. The Hall–Kier alpha value is -3.91. The van der Waals surface area contributed by atoms with Gasteiger partial charge >= 0.3 is 0 Å². The highest BCUT2D eigenvalue weighted by molar-refractivity contribution is 6.30. The SMILES string of the molecule is COc1ccc(-c2cc(C(=O)N3CCN(C(C)=O)CC3)n3nc(-c4ccc(Cl)cc4)cc3n2)cc1. The van der Waals surface area contributed by atoms with E-state index < -0.39 is 0 Å². The molecule has 0 N–H and O–H groups in total. The molecule has 0 unspecified atom stereocenters. The number of halogens is 1. The first kappa shape index (κ1) is 22.9. The maximum Gasteiger partial charge on any atom is 0.272 e. The van der Waals surface area contributed by atoms with E-state index in [4.69, 9.17) is 26.4 Å². The molecule has 9 heteroatoms. The molecule has 0 aliphatic carbocycles. The number of piperazine rings is 1.